The molecule has 3 amide bonds. The molecule has 47 heavy (non-hydrogen) atoms. The molecule has 2 aromatic carbocycles. The number of amides is 3. The number of carbonyl (C=O) groups excluding carboxylic acids is 3. The monoisotopic (exact) mass is 639 g/mol. The highest BCUT2D eigenvalue weighted by Crippen LogP contribution is 2.49. The summed E-state index contributed by atoms with van der Waals surface area (Å²) in [6.45, 7) is 12.1. The number of carbonyl (C=O) groups is 3. The van der Waals surface area contributed by atoms with Gasteiger partial charge < -0.3 is 25.5 Å². The lowest BCUT2D eigenvalue weighted by molar-refractivity contribution is -0.136. The van der Waals surface area contributed by atoms with Crippen molar-refractivity contribution in [2.75, 3.05) is 36.4 Å². The Balaban J connectivity index is 0.920. The predicted octanol–water partition coefficient (Wildman–Crippen LogP) is 4.89. The number of hydrogen-bond acceptors (Lipinski definition) is 7. The molecule has 1 aliphatic carbocycles. The van der Waals surface area contributed by atoms with E-state index >= 15 is 0 Å². The summed E-state index contributed by atoms with van der Waals surface area (Å²) in [6.07, 6.45) is 9.60. The van der Waals surface area contributed by atoms with E-state index in [1.807, 2.05) is 31.2 Å². The van der Waals surface area contributed by atoms with E-state index in [9.17, 15) is 19.5 Å². The summed E-state index contributed by atoms with van der Waals surface area (Å²) in [4.78, 5) is 40.9. The molecular weight excluding hydrogens is 590 g/mol. The lowest BCUT2D eigenvalue weighted by Crippen LogP contribution is -2.54. The summed E-state index contributed by atoms with van der Waals surface area (Å²) in [5.41, 5.74) is 6.51. The zero-order chi connectivity index (χ0) is 33.1. The number of nitrogens with one attached hydrogen (secondary N) is 3. The van der Waals surface area contributed by atoms with Gasteiger partial charge >= 0.3 is 0 Å². The second-order valence-electron chi connectivity index (χ2n) is 13.9. The smallest absolute Gasteiger partial charge is 0.255 e. The van der Waals surface area contributed by atoms with Gasteiger partial charge in [0, 0.05) is 68.0 Å². The average molecular weight is 640 g/mol. The minimum Gasteiger partial charge on any atom is -0.392 e. The first-order valence-corrected chi connectivity index (χ1v) is 17.3. The zero-order valence-electron chi connectivity index (χ0n) is 27.8. The molecule has 2 unspecified atom stereocenters. The molecule has 4 N–H and O–H groups in total. The molecular formula is C38H49N5O4. The third-order valence-corrected chi connectivity index (χ3v) is 10.9. The normalized spacial score (nSPS) is 22.5. The first-order valence-electron chi connectivity index (χ1n) is 17.3. The maximum Gasteiger partial charge on any atom is 0.255 e. The maximum atomic E-state index is 12.9. The average Bonchev–Trinajstić information content (AvgIpc) is 3.38. The maximum absolute atomic E-state index is 12.9. The van der Waals surface area contributed by atoms with E-state index in [0.29, 0.717) is 36.4 Å². The van der Waals surface area contributed by atoms with Crippen molar-refractivity contribution in [3.63, 3.8) is 0 Å². The second kappa shape index (κ2) is 14.0. The zero-order valence-corrected chi connectivity index (χ0v) is 27.8. The van der Waals surface area contributed by atoms with Crippen molar-refractivity contribution < 1.29 is 19.5 Å². The molecule has 3 atom stereocenters. The first-order chi connectivity index (χ1) is 22.7. The van der Waals surface area contributed by atoms with Gasteiger partial charge in [-0.2, -0.15) is 0 Å². The number of rotatable bonds is 12. The summed E-state index contributed by atoms with van der Waals surface area (Å²) in [5.74, 6) is -0.814. The van der Waals surface area contributed by atoms with Gasteiger partial charge in [-0.1, -0.05) is 43.4 Å². The van der Waals surface area contributed by atoms with Crippen molar-refractivity contribution in [1.82, 2.24) is 15.5 Å². The predicted molar refractivity (Wildman–Crippen MR) is 185 cm³/mol. The quantitative estimate of drug-likeness (QED) is 0.149. The van der Waals surface area contributed by atoms with Crippen LogP contribution in [0.15, 0.2) is 66.8 Å². The first kappa shape index (κ1) is 33.0. The molecule has 0 bridgehead atoms. The van der Waals surface area contributed by atoms with Crippen molar-refractivity contribution in [2.24, 2.45) is 5.41 Å². The number of aliphatic hydroxyl groups excluding tert-OH is 1. The van der Waals surface area contributed by atoms with Crippen molar-refractivity contribution in [1.29, 1.82) is 0 Å². The molecule has 4 aliphatic rings. The number of aliphatic hydroxyl groups is 1. The Kier molecular flexibility index (Phi) is 9.85. The number of anilines is 2. The Labute approximate surface area is 278 Å². The summed E-state index contributed by atoms with van der Waals surface area (Å²) >= 11 is 0. The molecule has 250 valence electrons. The summed E-state index contributed by atoms with van der Waals surface area (Å²) in [6, 6.07) is 14.5. The van der Waals surface area contributed by atoms with Crippen LogP contribution >= 0.6 is 0 Å². The van der Waals surface area contributed by atoms with Crippen LogP contribution in [0.4, 0.5) is 11.4 Å². The lowest BCUT2D eigenvalue weighted by atomic mass is 9.60. The molecule has 9 heteroatoms. The van der Waals surface area contributed by atoms with Gasteiger partial charge in [-0.15, -0.1) is 0 Å². The van der Waals surface area contributed by atoms with Gasteiger partial charge in [0.1, 0.15) is 6.04 Å². The van der Waals surface area contributed by atoms with Gasteiger partial charge in [0.15, 0.2) is 0 Å². The fraction of sp³-hybridized carbons (Fsp3) is 0.500. The van der Waals surface area contributed by atoms with E-state index in [-0.39, 0.29) is 30.1 Å². The third kappa shape index (κ3) is 7.02. The Bertz CT molecular complexity index is 1520. The van der Waals surface area contributed by atoms with Crippen LogP contribution < -0.4 is 20.9 Å². The number of benzene rings is 2. The van der Waals surface area contributed by atoms with Crippen molar-refractivity contribution in [3.05, 3.63) is 83.5 Å². The summed E-state index contributed by atoms with van der Waals surface area (Å²) in [7, 11) is 0. The summed E-state index contributed by atoms with van der Waals surface area (Å²) < 4.78 is 0. The van der Waals surface area contributed by atoms with Crippen LogP contribution in [0.1, 0.15) is 86.2 Å². The standard InChI is InChI=1S/C38H49N5O4/c1-4-6-25(3)35(33(44)5-2)26-7-10-30(11-8-26)42-19-15-38(16-20-42)22-29(23-38)40-18-17-39-28-9-12-31-27(21-28)24-43(37(31)47)32-13-14-34(45)41-36(32)46/h4,6-12,21,29,32-33,35,39-40,44H,1,5,13-20,22-24H2,2-3H3,(H,41,45,46)/b25-6+/t32?,33?,35-/m0/s1. The highest BCUT2D eigenvalue weighted by Gasteiger charge is 2.45. The molecule has 3 heterocycles. The number of hydrogen-bond donors (Lipinski definition) is 4. The lowest BCUT2D eigenvalue weighted by Gasteiger charge is -2.53. The molecule has 1 spiro atoms. The van der Waals surface area contributed by atoms with E-state index in [1.54, 1.807) is 11.0 Å². The fourth-order valence-corrected chi connectivity index (χ4v) is 8.15. The Morgan fingerprint density at radius 3 is 2.53 bits per heavy atom. The minimum atomic E-state index is -0.591. The summed E-state index contributed by atoms with van der Waals surface area (Å²) in [5, 5.41) is 20.3. The van der Waals surface area contributed by atoms with Gasteiger partial charge in [-0.05, 0) is 92.3 Å². The van der Waals surface area contributed by atoms with E-state index in [2.05, 4.69) is 58.6 Å². The molecule has 3 fully saturated rings. The third-order valence-electron chi connectivity index (χ3n) is 10.9. The Hall–Kier alpha value is -3.95. The number of fused-ring (bicyclic) bond motifs is 1. The van der Waals surface area contributed by atoms with Crippen LogP contribution in [0.5, 0.6) is 0 Å². The van der Waals surface area contributed by atoms with Gasteiger partial charge in [0.2, 0.25) is 11.8 Å². The molecule has 1 saturated carbocycles. The van der Waals surface area contributed by atoms with Crippen molar-refractivity contribution in [2.45, 2.75) is 89.4 Å². The largest absolute Gasteiger partial charge is 0.392 e. The van der Waals surface area contributed by atoms with Gasteiger partial charge in [-0.3, -0.25) is 19.7 Å². The number of imide groups is 1. The van der Waals surface area contributed by atoms with Gasteiger partial charge in [0.25, 0.3) is 5.91 Å². The number of piperidine rings is 2. The van der Waals surface area contributed by atoms with Crippen LogP contribution in [0.25, 0.3) is 0 Å². The van der Waals surface area contributed by atoms with Crippen LogP contribution in [-0.2, 0) is 16.1 Å². The number of allylic oxidation sites excluding steroid dienone is 2. The van der Waals surface area contributed by atoms with E-state index in [1.165, 1.54) is 31.4 Å². The molecule has 3 aliphatic heterocycles. The molecule has 0 radical (unpaired) electrons. The van der Waals surface area contributed by atoms with Crippen LogP contribution in [-0.4, -0.2) is 72.1 Å². The fourth-order valence-electron chi connectivity index (χ4n) is 8.15. The van der Waals surface area contributed by atoms with Crippen LogP contribution in [0.2, 0.25) is 0 Å². The van der Waals surface area contributed by atoms with Crippen molar-refractivity contribution >= 4 is 29.1 Å². The second-order valence-corrected chi connectivity index (χ2v) is 13.9. The minimum absolute atomic E-state index is 0.0109. The molecule has 0 aromatic heterocycles. The molecule has 9 nitrogen and oxygen atoms in total. The van der Waals surface area contributed by atoms with E-state index < -0.39 is 12.1 Å². The van der Waals surface area contributed by atoms with E-state index in [0.717, 1.165) is 48.6 Å². The van der Waals surface area contributed by atoms with E-state index in [4.69, 9.17) is 0 Å². The van der Waals surface area contributed by atoms with Crippen LogP contribution in [0, 0.1) is 5.41 Å². The Morgan fingerprint density at radius 1 is 1.11 bits per heavy atom. The SMILES string of the molecule is C=C/C=C(\C)[C@@H](c1ccc(N2CCC3(CC2)CC(NCCNc2ccc4c(c2)CN(C2CCC(=O)NC2=O)C4=O)C3)cc1)C(O)CC. The molecule has 6 rings (SSSR count). The molecule has 2 aromatic rings. The molecule has 2 saturated heterocycles. The van der Waals surface area contributed by atoms with Crippen molar-refractivity contribution in [3.8, 4) is 0 Å². The van der Waals surface area contributed by atoms with Gasteiger partial charge in [0.05, 0.1) is 6.10 Å². The van der Waals surface area contributed by atoms with Gasteiger partial charge in [-0.25, -0.2) is 0 Å². The highest BCUT2D eigenvalue weighted by atomic mass is 16.3. The highest BCUT2D eigenvalue weighted by molar-refractivity contribution is 6.05. The Morgan fingerprint density at radius 2 is 1.85 bits per heavy atom. The number of nitrogens with zero attached hydrogens (tertiary/aromatic N) is 2. The topological polar surface area (TPSA) is 114 Å². The van der Waals surface area contributed by atoms with Crippen LogP contribution in [0.3, 0.4) is 0 Å².